The third-order valence-corrected chi connectivity index (χ3v) is 6.08. The zero-order chi connectivity index (χ0) is 21.8. The number of hydrogen-bond donors (Lipinski definition) is 2. The second kappa shape index (κ2) is 9.64. The number of carbonyl (C=O) groups excluding carboxylic acids is 1. The SMILES string of the molecule is C[C@@H]1CN(c2ccc(NC(=O)[C@H]3CC[C@@H](Nc4cccc(F)n4)CC3)cc2)C[C@H](C)O1. The van der Waals surface area contributed by atoms with E-state index in [-0.39, 0.29) is 30.1 Å². The molecule has 1 saturated carbocycles. The number of amides is 1. The molecule has 2 N–H and O–H groups in total. The van der Waals surface area contributed by atoms with Gasteiger partial charge in [0.2, 0.25) is 11.9 Å². The largest absolute Gasteiger partial charge is 0.372 e. The van der Waals surface area contributed by atoms with Gasteiger partial charge in [-0.15, -0.1) is 0 Å². The number of aromatic nitrogens is 1. The Morgan fingerprint density at radius 1 is 1.03 bits per heavy atom. The van der Waals surface area contributed by atoms with E-state index in [2.05, 4.69) is 46.5 Å². The molecule has 2 atom stereocenters. The summed E-state index contributed by atoms with van der Waals surface area (Å²) in [7, 11) is 0. The maximum Gasteiger partial charge on any atom is 0.227 e. The van der Waals surface area contributed by atoms with Gasteiger partial charge in [0.25, 0.3) is 0 Å². The van der Waals surface area contributed by atoms with Crippen LogP contribution in [0.5, 0.6) is 0 Å². The van der Waals surface area contributed by atoms with Crippen molar-refractivity contribution >= 4 is 23.1 Å². The minimum atomic E-state index is -0.485. The molecule has 0 spiro atoms. The van der Waals surface area contributed by atoms with E-state index >= 15 is 0 Å². The van der Waals surface area contributed by atoms with Gasteiger partial charge in [0.05, 0.1) is 12.2 Å². The van der Waals surface area contributed by atoms with Gasteiger partial charge in [-0.3, -0.25) is 4.79 Å². The van der Waals surface area contributed by atoms with Crippen LogP contribution in [0.15, 0.2) is 42.5 Å². The van der Waals surface area contributed by atoms with E-state index < -0.39 is 5.95 Å². The van der Waals surface area contributed by atoms with Crippen LogP contribution in [0.3, 0.4) is 0 Å². The number of ether oxygens (including phenoxy) is 1. The van der Waals surface area contributed by atoms with Gasteiger partial charge in [0, 0.05) is 36.4 Å². The monoisotopic (exact) mass is 426 g/mol. The number of carbonyl (C=O) groups is 1. The quantitative estimate of drug-likeness (QED) is 0.692. The predicted molar refractivity (Wildman–Crippen MR) is 121 cm³/mol. The molecule has 1 saturated heterocycles. The average Bonchev–Trinajstić information content (AvgIpc) is 2.74. The number of anilines is 3. The zero-order valence-corrected chi connectivity index (χ0v) is 18.2. The number of rotatable bonds is 5. The van der Waals surface area contributed by atoms with Gasteiger partial charge in [-0.05, 0) is 75.9 Å². The van der Waals surface area contributed by atoms with Crippen molar-refractivity contribution in [3.05, 3.63) is 48.4 Å². The van der Waals surface area contributed by atoms with Gasteiger partial charge in [-0.1, -0.05) is 6.07 Å². The smallest absolute Gasteiger partial charge is 0.227 e. The van der Waals surface area contributed by atoms with Crippen molar-refractivity contribution in [1.29, 1.82) is 0 Å². The highest BCUT2D eigenvalue weighted by Gasteiger charge is 2.27. The second-order valence-corrected chi connectivity index (χ2v) is 8.74. The van der Waals surface area contributed by atoms with Crippen molar-refractivity contribution in [2.75, 3.05) is 28.6 Å². The summed E-state index contributed by atoms with van der Waals surface area (Å²) in [5, 5.41) is 6.34. The van der Waals surface area contributed by atoms with E-state index in [1.54, 1.807) is 12.1 Å². The number of halogens is 1. The summed E-state index contributed by atoms with van der Waals surface area (Å²) in [5.74, 6) is 0.140. The summed E-state index contributed by atoms with van der Waals surface area (Å²) in [4.78, 5) is 18.9. The van der Waals surface area contributed by atoms with Gasteiger partial charge < -0.3 is 20.3 Å². The number of morpholine rings is 1. The molecule has 6 nitrogen and oxygen atoms in total. The topological polar surface area (TPSA) is 66.5 Å². The second-order valence-electron chi connectivity index (χ2n) is 8.74. The van der Waals surface area contributed by atoms with Gasteiger partial charge >= 0.3 is 0 Å². The average molecular weight is 427 g/mol. The Balaban J connectivity index is 1.26. The molecular weight excluding hydrogens is 395 g/mol. The van der Waals surface area contributed by atoms with Crippen LogP contribution >= 0.6 is 0 Å². The van der Waals surface area contributed by atoms with E-state index in [0.29, 0.717) is 5.82 Å². The summed E-state index contributed by atoms with van der Waals surface area (Å²) < 4.78 is 19.1. The highest BCUT2D eigenvalue weighted by Crippen LogP contribution is 2.28. The third-order valence-electron chi connectivity index (χ3n) is 6.08. The van der Waals surface area contributed by atoms with Crippen molar-refractivity contribution in [1.82, 2.24) is 4.98 Å². The lowest BCUT2D eigenvalue weighted by atomic mass is 9.85. The number of nitrogens with one attached hydrogen (secondary N) is 2. The van der Waals surface area contributed by atoms with Crippen molar-refractivity contribution in [3.8, 4) is 0 Å². The lowest BCUT2D eigenvalue weighted by Crippen LogP contribution is -2.45. The molecule has 166 valence electrons. The zero-order valence-electron chi connectivity index (χ0n) is 18.2. The van der Waals surface area contributed by atoms with E-state index in [4.69, 9.17) is 4.74 Å². The van der Waals surface area contributed by atoms with Gasteiger partial charge in [-0.2, -0.15) is 4.39 Å². The first-order valence-electron chi connectivity index (χ1n) is 11.2. The first-order chi connectivity index (χ1) is 15.0. The molecule has 1 aromatic heterocycles. The fourth-order valence-corrected chi connectivity index (χ4v) is 4.59. The lowest BCUT2D eigenvalue weighted by Gasteiger charge is -2.36. The van der Waals surface area contributed by atoms with Gasteiger partial charge in [0.15, 0.2) is 0 Å². The first kappa shape index (κ1) is 21.6. The molecule has 2 fully saturated rings. The minimum absolute atomic E-state index is 0.000799. The number of benzene rings is 1. The van der Waals surface area contributed by atoms with Crippen LogP contribution in [0.4, 0.5) is 21.6 Å². The summed E-state index contributed by atoms with van der Waals surface area (Å²) in [6.45, 7) is 5.93. The summed E-state index contributed by atoms with van der Waals surface area (Å²) in [6.07, 6.45) is 3.76. The van der Waals surface area contributed by atoms with Crippen molar-refractivity contribution < 1.29 is 13.9 Å². The van der Waals surface area contributed by atoms with E-state index in [0.717, 1.165) is 50.1 Å². The standard InChI is InChI=1S/C24H31FN4O2/c1-16-14-29(15-17(2)31-16)21-12-10-20(11-13-21)27-24(30)18-6-8-19(9-7-18)26-23-5-3-4-22(25)28-23/h3-5,10-13,16-19H,6-9,14-15H2,1-2H3,(H,26,28)(H,27,30)/t16-,17+,18-,19+. The number of hydrogen-bond acceptors (Lipinski definition) is 5. The Morgan fingerprint density at radius 2 is 1.71 bits per heavy atom. The maximum atomic E-state index is 13.2. The van der Waals surface area contributed by atoms with Crippen molar-refractivity contribution in [2.45, 2.75) is 57.8 Å². The molecule has 2 aliphatic rings. The normalized spacial score (nSPS) is 26.4. The van der Waals surface area contributed by atoms with Crippen LogP contribution in [0, 0.1) is 11.9 Å². The molecule has 0 radical (unpaired) electrons. The Morgan fingerprint density at radius 3 is 2.35 bits per heavy atom. The highest BCUT2D eigenvalue weighted by atomic mass is 19.1. The third kappa shape index (κ3) is 5.73. The maximum absolute atomic E-state index is 13.2. The molecule has 1 aromatic carbocycles. The van der Waals surface area contributed by atoms with Crippen molar-refractivity contribution in [3.63, 3.8) is 0 Å². The van der Waals surface area contributed by atoms with E-state index in [9.17, 15) is 9.18 Å². The molecule has 7 heteroatoms. The molecule has 0 bridgehead atoms. The fraction of sp³-hybridized carbons (Fsp3) is 0.500. The molecule has 0 unspecified atom stereocenters. The molecule has 1 aliphatic carbocycles. The van der Waals surface area contributed by atoms with Gasteiger partial charge in [-0.25, -0.2) is 4.98 Å². The van der Waals surface area contributed by atoms with Crippen LogP contribution in [-0.2, 0) is 9.53 Å². The van der Waals surface area contributed by atoms with Crippen LogP contribution in [0.2, 0.25) is 0 Å². The van der Waals surface area contributed by atoms with Gasteiger partial charge in [0.1, 0.15) is 5.82 Å². The minimum Gasteiger partial charge on any atom is -0.372 e. The molecular formula is C24H31FN4O2. The lowest BCUT2D eigenvalue weighted by molar-refractivity contribution is -0.120. The summed E-state index contributed by atoms with van der Waals surface area (Å²) in [5.41, 5.74) is 1.98. The number of pyridine rings is 1. The fourth-order valence-electron chi connectivity index (χ4n) is 4.59. The van der Waals surface area contributed by atoms with Crippen LogP contribution in [0.25, 0.3) is 0 Å². The molecule has 1 aliphatic heterocycles. The Kier molecular flexibility index (Phi) is 6.70. The molecule has 2 heterocycles. The van der Waals surface area contributed by atoms with E-state index in [1.165, 1.54) is 6.07 Å². The molecule has 2 aromatic rings. The van der Waals surface area contributed by atoms with Crippen LogP contribution in [0.1, 0.15) is 39.5 Å². The Labute approximate surface area is 183 Å². The van der Waals surface area contributed by atoms with Crippen LogP contribution < -0.4 is 15.5 Å². The molecule has 4 rings (SSSR count). The highest BCUT2D eigenvalue weighted by molar-refractivity contribution is 5.92. The van der Waals surface area contributed by atoms with E-state index in [1.807, 2.05) is 12.1 Å². The molecule has 1 amide bonds. The number of nitrogens with zero attached hydrogens (tertiary/aromatic N) is 2. The van der Waals surface area contributed by atoms with Crippen LogP contribution in [-0.4, -0.2) is 42.2 Å². The summed E-state index contributed by atoms with van der Waals surface area (Å²) in [6, 6.07) is 13.0. The Bertz CT molecular complexity index is 873. The predicted octanol–water partition coefficient (Wildman–Crippen LogP) is 4.44. The first-order valence-corrected chi connectivity index (χ1v) is 11.2. The summed E-state index contributed by atoms with van der Waals surface area (Å²) >= 11 is 0. The van der Waals surface area contributed by atoms with Crippen molar-refractivity contribution in [2.24, 2.45) is 5.92 Å². The Hall–Kier alpha value is -2.67. The molecule has 31 heavy (non-hydrogen) atoms.